The Morgan fingerprint density at radius 2 is 1.31 bits per heavy atom. The van der Waals surface area contributed by atoms with Gasteiger partial charge in [0.2, 0.25) is 0 Å². The van der Waals surface area contributed by atoms with Crippen molar-refractivity contribution >= 4 is 75.6 Å². The number of thiophene rings is 1. The fraction of sp³-hybridized carbons (Fsp3) is 0.106. The molecule has 8 aromatic rings. The highest BCUT2D eigenvalue weighted by molar-refractivity contribution is 7.26. The van der Waals surface area contributed by atoms with Gasteiger partial charge in [0.15, 0.2) is 0 Å². The third kappa shape index (κ3) is 4.74. The molecule has 0 fully saturated rings. The van der Waals surface area contributed by atoms with E-state index in [2.05, 4.69) is 183 Å². The molecule has 1 heterocycles. The monoisotopic (exact) mass is 647 g/mol. The van der Waals surface area contributed by atoms with Gasteiger partial charge in [0.25, 0.3) is 0 Å². The van der Waals surface area contributed by atoms with Crippen molar-refractivity contribution in [3.8, 4) is 0 Å². The van der Waals surface area contributed by atoms with Crippen LogP contribution in [0.25, 0.3) is 52.9 Å². The highest BCUT2D eigenvalue weighted by Crippen LogP contribution is 2.53. The summed E-state index contributed by atoms with van der Waals surface area (Å²) in [4.78, 5) is 2.57. The number of fused-ring (bicyclic) bond motifs is 7. The van der Waals surface area contributed by atoms with Crippen LogP contribution in [0.15, 0.2) is 163 Å². The van der Waals surface area contributed by atoms with E-state index in [-0.39, 0.29) is 5.41 Å². The van der Waals surface area contributed by atoms with Gasteiger partial charge in [-0.05, 0) is 86.8 Å². The highest BCUT2D eigenvalue weighted by atomic mass is 32.1. The minimum absolute atomic E-state index is 0.179. The molecule has 7 aromatic carbocycles. The van der Waals surface area contributed by atoms with Gasteiger partial charge in [0.05, 0.1) is 5.69 Å². The molecule has 0 saturated carbocycles. The van der Waals surface area contributed by atoms with Crippen LogP contribution in [-0.4, -0.2) is 6.54 Å². The van der Waals surface area contributed by atoms with Crippen LogP contribution in [0.2, 0.25) is 0 Å². The summed E-state index contributed by atoms with van der Waals surface area (Å²) >= 11 is 1.90. The fourth-order valence-corrected chi connectivity index (χ4v) is 9.31. The number of para-hydroxylation sites is 1. The minimum atomic E-state index is -0.179. The van der Waals surface area contributed by atoms with Crippen molar-refractivity contribution in [1.82, 2.24) is 0 Å². The number of rotatable bonds is 6. The molecule has 1 nitrogen and oxygen atoms in total. The molecule has 0 spiro atoms. The summed E-state index contributed by atoms with van der Waals surface area (Å²) in [6.07, 6.45) is 2.32. The van der Waals surface area contributed by atoms with Crippen molar-refractivity contribution in [1.29, 1.82) is 0 Å². The van der Waals surface area contributed by atoms with Gasteiger partial charge in [-0.3, -0.25) is 0 Å². The number of nitrogens with zero attached hydrogens (tertiary/aromatic N) is 1. The van der Waals surface area contributed by atoms with Crippen molar-refractivity contribution in [2.24, 2.45) is 0 Å². The van der Waals surface area contributed by atoms with Crippen LogP contribution in [0.3, 0.4) is 0 Å². The SMILES string of the molecule is C/C=C(\C1=C(CN(c2ccccc2)c2cc3sc4ccccc4c3c3ccccc23)C(C)(C)c2ccccc21)c1ccc2ccccc2c1. The van der Waals surface area contributed by atoms with Gasteiger partial charge >= 0.3 is 0 Å². The number of benzene rings is 7. The van der Waals surface area contributed by atoms with Crippen molar-refractivity contribution in [2.45, 2.75) is 26.2 Å². The van der Waals surface area contributed by atoms with Gasteiger partial charge in [0, 0.05) is 43.2 Å². The average molecular weight is 648 g/mol. The third-order valence-electron chi connectivity index (χ3n) is 10.6. The highest BCUT2D eigenvalue weighted by Gasteiger charge is 2.40. The molecular formula is C47H37NS. The van der Waals surface area contributed by atoms with E-state index in [0.29, 0.717) is 0 Å². The maximum Gasteiger partial charge on any atom is 0.0508 e. The molecule has 1 aliphatic carbocycles. The molecule has 0 N–H and O–H groups in total. The third-order valence-corrected chi connectivity index (χ3v) is 11.7. The Morgan fingerprint density at radius 3 is 2.12 bits per heavy atom. The smallest absolute Gasteiger partial charge is 0.0508 e. The summed E-state index contributed by atoms with van der Waals surface area (Å²) in [6.45, 7) is 7.78. The molecule has 9 rings (SSSR count). The number of allylic oxidation sites excluding steroid dienone is 3. The summed E-state index contributed by atoms with van der Waals surface area (Å²) in [5.41, 5.74) is 10.3. The second kappa shape index (κ2) is 11.6. The Bertz CT molecular complexity index is 2620. The molecular weight excluding hydrogens is 611 g/mol. The summed E-state index contributed by atoms with van der Waals surface area (Å²) in [5, 5.41) is 7.80. The van der Waals surface area contributed by atoms with E-state index < -0.39 is 0 Å². The van der Waals surface area contributed by atoms with E-state index in [1.807, 2.05) is 11.3 Å². The molecule has 0 radical (unpaired) electrons. The summed E-state index contributed by atoms with van der Waals surface area (Å²) in [5.74, 6) is 0. The molecule has 49 heavy (non-hydrogen) atoms. The van der Waals surface area contributed by atoms with E-state index in [0.717, 1.165) is 6.54 Å². The second-order valence-electron chi connectivity index (χ2n) is 13.6. The first-order valence-electron chi connectivity index (χ1n) is 17.2. The van der Waals surface area contributed by atoms with E-state index in [1.54, 1.807) is 0 Å². The molecule has 1 aromatic heterocycles. The normalized spacial score (nSPS) is 14.3. The van der Waals surface area contributed by atoms with Crippen molar-refractivity contribution in [3.05, 3.63) is 180 Å². The van der Waals surface area contributed by atoms with Crippen molar-refractivity contribution in [2.75, 3.05) is 11.4 Å². The topological polar surface area (TPSA) is 3.24 Å². The van der Waals surface area contributed by atoms with Gasteiger partial charge in [0.1, 0.15) is 0 Å². The van der Waals surface area contributed by atoms with Crippen LogP contribution in [0, 0.1) is 0 Å². The standard InChI is InChI=1S/C47H37NS/c1-4-35(33-27-26-31-16-8-9-17-32(31)28-33)45-38-22-12-14-24-40(38)47(2,3)41(45)30-48(34-18-6-5-7-19-34)42-29-44-46(37-21-11-10-20-36(37)42)39-23-13-15-25-43(39)49-44/h4-29H,30H2,1-3H3/b35-4-. The molecule has 0 aliphatic heterocycles. The lowest BCUT2D eigenvalue weighted by atomic mass is 9.80. The Labute approximate surface area is 292 Å². The van der Waals surface area contributed by atoms with E-state index in [9.17, 15) is 0 Å². The molecule has 0 amide bonds. The van der Waals surface area contributed by atoms with Crippen molar-refractivity contribution < 1.29 is 0 Å². The zero-order valence-electron chi connectivity index (χ0n) is 28.1. The first-order valence-corrected chi connectivity index (χ1v) is 18.0. The zero-order chi connectivity index (χ0) is 33.1. The van der Waals surface area contributed by atoms with Crippen LogP contribution in [-0.2, 0) is 5.41 Å². The predicted molar refractivity (Wildman–Crippen MR) is 214 cm³/mol. The molecule has 0 saturated heterocycles. The maximum atomic E-state index is 2.57. The largest absolute Gasteiger partial charge is 0.337 e. The lowest BCUT2D eigenvalue weighted by Crippen LogP contribution is -2.28. The van der Waals surface area contributed by atoms with Crippen LogP contribution in [0.1, 0.15) is 37.5 Å². The Kier molecular flexibility index (Phi) is 7.03. The maximum absolute atomic E-state index is 2.57. The molecule has 2 heteroatoms. The van der Waals surface area contributed by atoms with Crippen LogP contribution in [0.5, 0.6) is 0 Å². The van der Waals surface area contributed by atoms with Gasteiger partial charge < -0.3 is 4.90 Å². The van der Waals surface area contributed by atoms with E-state index in [1.165, 1.54) is 86.5 Å². The summed E-state index contributed by atoms with van der Waals surface area (Å²) < 4.78 is 2.65. The average Bonchev–Trinajstić information content (AvgIpc) is 3.63. The predicted octanol–water partition coefficient (Wildman–Crippen LogP) is 13.3. The molecule has 1 aliphatic rings. The van der Waals surface area contributed by atoms with Gasteiger partial charge in [-0.25, -0.2) is 0 Å². The number of hydrogen-bond donors (Lipinski definition) is 0. The first kappa shape index (κ1) is 29.7. The zero-order valence-corrected chi connectivity index (χ0v) is 28.9. The second-order valence-corrected chi connectivity index (χ2v) is 14.7. The lowest BCUT2D eigenvalue weighted by Gasteiger charge is -2.33. The van der Waals surface area contributed by atoms with Crippen LogP contribution < -0.4 is 4.90 Å². The molecule has 0 atom stereocenters. The van der Waals surface area contributed by atoms with Gasteiger partial charge in [-0.1, -0.05) is 141 Å². The Hall–Kier alpha value is -5.44. The Balaban J connectivity index is 1.30. The number of hydrogen-bond acceptors (Lipinski definition) is 2. The van der Waals surface area contributed by atoms with Crippen LogP contribution in [0.4, 0.5) is 11.4 Å². The number of anilines is 2. The van der Waals surface area contributed by atoms with Crippen LogP contribution >= 0.6 is 11.3 Å². The lowest BCUT2D eigenvalue weighted by molar-refractivity contribution is 0.624. The Morgan fingerprint density at radius 1 is 0.633 bits per heavy atom. The quantitative estimate of drug-likeness (QED) is 0.174. The van der Waals surface area contributed by atoms with Gasteiger partial charge in [-0.15, -0.1) is 11.3 Å². The van der Waals surface area contributed by atoms with E-state index >= 15 is 0 Å². The molecule has 0 bridgehead atoms. The minimum Gasteiger partial charge on any atom is -0.337 e. The van der Waals surface area contributed by atoms with Gasteiger partial charge in [-0.2, -0.15) is 0 Å². The molecule has 236 valence electrons. The van der Waals surface area contributed by atoms with E-state index in [4.69, 9.17) is 0 Å². The van der Waals surface area contributed by atoms with Crippen molar-refractivity contribution in [3.63, 3.8) is 0 Å². The molecule has 0 unspecified atom stereocenters. The first-order chi connectivity index (χ1) is 24.0. The summed E-state index contributed by atoms with van der Waals surface area (Å²) in [6, 6.07) is 55.9. The summed E-state index contributed by atoms with van der Waals surface area (Å²) in [7, 11) is 0. The fourth-order valence-electron chi connectivity index (χ4n) is 8.16.